The predicted octanol–water partition coefficient (Wildman–Crippen LogP) is 1.55. The van der Waals surface area contributed by atoms with Crippen LogP contribution in [0, 0.1) is 6.92 Å². The highest BCUT2D eigenvalue weighted by Crippen LogP contribution is 2.14. The molecule has 0 aliphatic carbocycles. The molecule has 1 aromatic carbocycles. The Morgan fingerprint density at radius 3 is 3.11 bits per heavy atom. The highest BCUT2D eigenvalue weighted by atomic mass is 16.5. The monoisotopic (exact) mass is 262 g/mol. The van der Waals surface area contributed by atoms with Gasteiger partial charge in [0.1, 0.15) is 0 Å². The number of amides is 1. The molecule has 0 spiro atoms. The van der Waals surface area contributed by atoms with Crippen LogP contribution in [-0.2, 0) is 9.53 Å². The van der Waals surface area contributed by atoms with E-state index in [2.05, 4.69) is 29.7 Å². The molecule has 4 nitrogen and oxygen atoms in total. The van der Waals surface area contributed by atoms with E-state index >= 15 is 0 Å². The van der Waals surface area contributed by atoms with E-state index in [-0.39, 0.29) is 18.0 Å². The summed E-state index contributed by atoms with van der Waals surface area (Å²) in [5.41, 5.74) is 2.35. The summed E-state index contributed by atoms with van der Waals surface area (Å²) < 4.78 is 5.35. The van der Waals surface area contributed by atoms with Crippen molar-refractivity contribution in [1.82, 2.24) is 10.6 Å². The molecule has 0 radical (unpaired) electrons. The maximum atomic E-state index is 12.0. The standard InChI is InChI=1S/C15H22N2O2/c1-11-4-3-5-13(8-11)12(2)17-15(18)9-14-10-19-7-6-16-14/h3-5,8,12,14,16H,6-7,9-10H2,1-2H3,(H,17,18)/t12-,14?/m0/s1. The topological polar surface area (TPSA) is 50.4 Å². The van der Waals surface area contributed by atoms with Gasteiger partial charge in [0.2, 0.25) is 5.91 Å². The third kappa shape index (κ3) is 4.33. The van der Waals surface area contributed by atoms with Gasteiger partial charge >= 0.3 is 0 Å². The Kier molecular flexibility index (Phi) is 4.93. The average Bonchev–Trinajstić information content (AvgIpc) is 2.39. The molecule has 0 bridgehead atoms. The van der Waals surface area contributed by atoms with Gasteiger partial charge in [0.05, 0.1) is 19.3 Å². The summed E-state index contributed by atoms with van der Waals surface area (Å²) in [6.07, 6.45) is 0.468. The van der Waals surface area contributed by atoms with Crippen molar-refractivity contribution >= 4 is 5.91 Å². The Balaban J connectivity index is 1.84. The second kappa shape index (κ2) is 6.68. The summed E-state index contributed by atoms with van der Waals surface area (Å²) in [4.78, 5) is 12.0. The molecular formula is C15H22N2O2. The first-order valence-electron chi connectivity index (χ1n) is 6.82. The summed E-state index contributed by atoms with van der Waals surface area (Å²) in [5, 5.41) is 6.32. The number of aryl methyl sites for hydroxylation is 1. The van der Waals surface area contributed by atoms with E-state index in [1.54, 1.807) is 0 Å². The van der Waals surface area contributed by atoms with Crippen molar-refractivity contribution in [1.29, 1.82) is 0 Å². The SMILES string of the molecule is Cc1cccc([C@H](C)NC(=O)CC2COCCN2)c1. The van der Waals surface area contributed by atoms with Gasteiger partial charge in [-0.2, -0.15) is 0 Å². The lowest BCUT2D eigenvalue weighted by molar-refractivity contribution is -0.122. The van der Waals surface area contributed by atoms with Crippen molar-refractivity contribution in [2.45, 2.75) is 32.4 Å². The second-order valence-corrected chi connectivity index (χ2v) is 5.13. The fourth-order valence-electron chi connectivity index (χ4n) is 2.30. The molecule has 4 heteroatoms. The molecule has 104 valence electrons. The Morgan fingerprint density at radius 1 is 1.58 bits per heavy atom. The Bertz CT molecular complexity index is 428. The van der Waals surface area contributed by atoms with Gasteiger partial charge in [-0.05, 0) is 19.4 Å². The molecule has 1 aliphatic rings. The van der Waals surface area contributed by atoms with Crippen LogP contribution >= 0.6 is 0 Å². The minimum Gasteiger partial charge on any atom is -0.378 e. The largest absolute Gasteiger partial charge is 0.378 e. The zero-order chi connectivity index (χ0) is 13.7. The lowest BCUT2D eigenvalue weighted by atomic mass is 10.1. The number of ether oxygens (including phenoxy) is 1. The van der Waals surface area contributed by atoms with Crippen molar-refractivity contribution in [3.05, 3.63) is 35.4 Å². The van der Waals surface area contributed by atoms with Crippen molar-refractivity contribution < 1.29 is 9.53 Å². The molecule has 2 rings (SSSR count). The van der Waals surface area contributed by atoms with Crippen LogP contribution < -0.4 is 10.6 Å². The van der Waals surface area contributed by atoms with E-state index in [4.69, 9.17) is 4.74 Å². The molecule has 1 aliphatic heterocycles. The van der Waals surface area contributed by atoms with E-state index < -0.39 is 0 Å². The quantitative estimate of drug-likeness (QED) is 0.865. The van der Waals surface area contributed by atoms with Crippen LogP contribution in [0.25, 0.3) is 0 Å². The minimum atomic E-state index is 0.0388. The lowest BCUT2D eigenvalue weighted by Gasteiger charge is -2.24. The van der Waals surface area contributed by atoms with Gasteiger partial charge in [-0.25, -0.2) is 0 Å². The number of hydrogen-bond acceptors (Lipinski definition) is 3. The van der Waals surface area contributed by atoms with Crippen LogP contribution in [0.2, 0.25) is 0 Å². The van der Waals surface area contributed by atoms with Gasteiger partial charge in [-0.1, -0.05) is 29.8 Å². The minimum absolute atomic E-state index is 0.0388. The normalized spacial score (nSPS) is 20.8. The molecule has 0 aromatic heterocycles. The van der Waals surface area contributed by atoms with Crippen molar-refractivity contribution in [3.8, 4) is 0 Å². The summed E-state index contributed by atoms with van der Waals surface area (Å²) >= 11 is 0. The zero-order valence-corrected chi connectivity index (χ0v) is 11.6. The van der Waals surface area contributed by atoms with Crippen molar-refractivity contribution in [2.75, 3.05) is 19.8 Å². The third-order valence-electron chi connectivity index (χ3n) is 3.35. The van der Waals surface area contributed by atoms with E-state index in [1.165, 1.54) is 5.56 Å². The molecule has 1 saturated heterocycles. The van der Waals surface area contributed by atoms with Crippen LogP contribution in [0.1, 0.15) is 30.5 Å². The number of morpholine rings is 1. The molecule has 19 heavy (non-hydrogen) atoms. The summed E-state index contributed by atoms with van der Waals surface area (Å²) in [7, 11) is 0. The van der Waals surface area contributed by atoms with Gasteiger partial charge in [0.15, 0.2) is 0 Å². The maximum absolute atomic E-state index is 12.0. The number of rotatable bonds is 4. The summed E-state index contributed by atoms with van der Waals surface area (Å²) in [6.45, 7) is 6.24. The third-order valence-corrected chi connectivity index (χ3v) is 3.35. The maximum Gasteiger partial charge on any atom is 0.222 e. The van der Waals surface area contributed by atoms with Crippen molar-refractivity contribution in [3.63, 3.8) is 0 Å². The molecule has 1 aromatic rings. The molecule has 0 saturated carbocycles. The molecule has 1 amide bonds. The number of carbonyl (C=O) groups is 1. The highest BCUT2D eigenvalue weighted by Gasteiger charge is 2.18. The van der Waals surface area contributed by atoms with E-state index in [0.29, 0.717) is 13.0 Å². The lowest BCUT2D eigenvalue weighted by Crippen LogP contribution is -2.44. The molecule has 1 heterocycles. The van der Waals surface area contributed by atoms with Crippen LogP contribution in [0.3, 0.4) is 0 Å². The summed E-state index contributed by atoms with van der Waals surface area (Å²) in [6, 6.07) is 8.40. The van der Waals surface area contributed by atoms with Gasteiger partial charge in [-0.15, -0.1) is 0 Å². The second-order valence-electron chi connectivity index (χ2n) is 5.13. The molecular weight excluding hydrogens is 240 g/mol. The fraction of sp³-hybridized carbons (Fsp3) is 0.533. The first kappa shape index (κ1) is 14.0. The first-order chi connectivity index (χ1) is 9.15. The van der Waals surface area contributed by atoms with Crippen LogP contribution in [0.4, 0.5) is 0 Å². The molecule has 2 N–H and O–H groups in total. The average molecular weight is 262 g/mol. The Morgan fingerprint density at radius 2 is 2.42 bits per heavy atom. The van der Waals surface area contributed by atoms with E-state index in [0.717, 1.165) is 18.7 Å². The van der Waals surface area contributed by atoms with E-state index in [9.17, 15) is 4.79 Å². The number of hydrogen-bond donors (Lipinski definition) is 2. The molecule has 2 atom stereocenters. The van der Waals surface area contributed by atoms with Crippen molar-refractivity contribution in [2.24, 2.45) is 0 Å². The van der Waals surface area contributed by atoms with Gasteiger partial charge in [0, 0.05) is 19.0 Å². The van der Waals surface area contributed by atoms with Crippen LogP contribution in [0.5, 0.6) is 0 Å². The predicted molar refractivity (Wildman–Crippen MR) is 75.0 cm³/mol. The Labute approximate surface area is 114 Å². The van der Waals surface area contributed by atoms with Gasteiger partial charge < -0.3 is 15.4 Å². The van der Waals surface area contributed by atoms with Crippen LogP contribution in [0.15, 0.2) is 24.3 Å². The molecule has 1 unspecified atom stereocenters. The highest BCUT2D eigenvalue weighted by molar-refractivity contribution is 5.77. The van der Waals surface area contributed by atoms with Gasteiger partial charge in [0.25, 0.3) is 0 Å². The zero-order valence-electron chi connectivity index (χ0n) is 11.6. The number of carbonyl (C=O) groups excluding carboxylic acids is 1. The number of benzene rings is 1. The van der Waals surface area contributed by atoms with Gasteiger partial charge in [-0.3, -0.25) is 4.79 Å². The number of nitrogens with one attached hydrogen (secondary N) is 2. The first-order valence-corrected chi connectivity index (χ1v) is 6.82. The summed E-state index contributed by atoms with van der Waals surface area (Å²) in [5.74, 6) is 0.0667. The molecule has 1 fully saturated rings. The fourth-order valence-corrected chi connectivity index (χ4v) is 2.30. The smallest absolute Gasteiger partial charge is 0.222 e. The van der Waals surface area contributed by atoms with E-state index in [1.807, 2.05) is 19.1 Å². The Hall–Kier alpha value is -1.39. The van der Waals surface area contributed by atoms with Crippen LogP contribution in [-0.4, -0.2) is 31.7 Å².